The number of hydrogen-bond donors (Lipinski definition) is 4. The van der Waals surface area contributed by atoms with Gasteiger partial charge in [-0.3, -0.25) is 4.79 Å². The van der Waals surface area contributed by atoms with Crippen LogP contribution in [0.15, 0.2) is 24.3 Å². The van der Waals surface area contributed by atoms with Crippen molar-refractivity contribution in [3.63, 3.8) is 0 Å². The lowest BCUT2D eigenvalue weighted by Crippen LogP contribution is -2.38. The van der Waals surface area contributed by atoms with Crippen LogP contribution in [0.5, 0.6) is 0 Å². The van der Waals surface area contributed by atoms with Crippen molar-refractivity contribution < 1.29 is 14.7 Å². The van der Waals surface area contributed by atoms with Gasteiger partial charge in [0, 0.05) is 31.3 Å². The molecule has 0 spiro atoms. The summed E-state index contributed by atoms with van der Waals surface area (Å²) < 4.78 is 0. The highest BCUT2D eigenvalue weighted by Gasteiger charge is 2.10. The summed E-state index contributed by atoms with van der Waals surface area (Å²) in [6.45, 7) is 6.54. The quantitative estimate of drug-likeness (QED) is 0.591. The molecule has 1 aromatic carbocycles. The Balaban J connectivity index is 2.47. The van der Waals surface area contributed by atoms with Crippen LogP contribution in [0.25, 0.3) is 0 Å². The van der Waals surface area contributed by atoms with Gasteiger partial charge in [0.2, 0.25) is 5.91 Å². The minimum absolute atomic E-state index is 0.00616. The van der Waals surface area contributed by atoms with E-state index < -0.39 is 0 Å². The first-order valence-corrected chi connectivity index (χ1v) is 7.98. The average Bonchev–Trinajstić information content (AvgIpc) is 2.57. The van der Waals surface area contributed by atoms with E-state index >= 15 is 0 Å². The van der Waals surface area contributed by atoms with Crippen LogP contribution in [0, 0.1) is 11.8 Å². The van der Waals surface area contributed by atoms with Crippen LogP contribution in [-0.2, 0) is 11.3 Å². The highest BCUT2D eigenvalue weighted by atomic mass is 16.3. The van der Waals surface area contributed by atoms with Crippen molar-refractivity contribution in [2.45, 2.75) is 33.7 Å². The summed E-state index contributed by atoms with van der Waals surface area (Å²) in [5.74, 6) is -0.00994. The lowest BCUT2D eigenvalue weighted by atomic mass is 10.1. The highest BCUT2D eigenvalue weighted by molar-refractivity contribution is 5.92. The van der Waals surface area contributed by atoms with Crippen LogP contribution in [-0.4, -0.2) is 30.2 Å². The Kier molecular flexibility index (Phi) is 8.11. The average molecular weight is 321 g/mol. The zero-order valence-corrected chi connectivity index (χ0v) is 14.1. The molecule has 0 aliphatic heterocycles. The van der Waals surface area contributed by atoms with Gasteiger partial charge >= 0.3 is 6.03 Å². The van der Waals surface area contributed by atoms with E-state index in [1.165, 1.54) is 0 Å². The van der Waals surface area contributed by atoms with Gasteiger partial charge in [-0.15, -0.1) is 0 Å². The van der Waals surface area contributed by atoms with Crippen molar-refractivity contribution >= 4 is 17.6 Å². The first-order valence-electron chi connectivity index (χ1n) is 7.98. The third-order valence-corrected chi connectivity index (χ3v) is 3.63. The van der Waals surface area contributed by atoms with Crippen LogP contribution in [0.1, 0.15) is 32.8 Å². The topological polar surface area (TPSA) is 90.5 Å². The number of urea groups is 1. The van der Waals surface area contributed by atoms with Crippen molar-refractivity contribution in [1.82, 2.24) is 10.6 Å². The summed E-state index contributed by atoms with van der Waals surface area (Å²) in [6, 6.07) is 7.12. The Hall–Kier alpha value is -2.08. The zero-order chi connectivity index (χ0) is 17.2. The molecule has 2 atom stereocenters. The molecule has 1 rings (SSSR count). The maximum absolute atomic E-state index is 11.9. The van der Waals surface area contributed by atoms with Gasteiger partial charge < -0.3 is 21.1 Å². The molecule has 23 heavy (non-hydrogen) atoms. The van der Waals surface area contributed by atoms with E-state index in [2.05, 4.69) is 16.0 Å². The smallest absolute Gasteiger partial charge is 0.315 e. The Morgan fingerprint density at radius 2 is 1.96 bits per heavy atom. The molecule has 2 unspecified atom stereocenters. The second kappa shape index (κ2) is 9.84. The van der Waals surface area contributed by atoms with Crippen molar-refractivity contribution in [2.75, 3.05) is 18.5 Å². The van der Waals surface area contributed by atoms with E-state index in [4.69, 9.17) is 5.11 Å². The lowest BCUT2D eigenvalue weighted by molar-refractivity contribution is -0.119. The summed E-state index contributed by atoms with van der Waals surface area (Å²) in [5.41, 5.74) is 1.63. The maximum atomic E-state index is 11.9. The summed E-state index contributed by atoms with van der Waals surface area (Å²) in [5, 5.41) is 17.2. The van der Waals surface area contributed by atoms with Crippen LogP contribution in [0.2, 0.25) is 0 Å². The Morgan fingerprint density at radius 3 is 2.61 bits per heavy atom. The van der Waals surface area contributed by atoms with Crippen molar-refractivity contribution in [2.24, 2.45) is 11.8 Å². The number of aliphatic hydroxyl groups excluding tert-OH is 1. The number of rotatable bonds is 8. The summed E-state index contributed by atoms with van der Waals surface area (Å²) in [6.07, 6.45) is 0.791. The van der Waals surface area contributed by atoms with Crippen LogP contribution < -0.4 is 16.0 Å². The third-order valence-electron chi connectivity index (χ3n) is 3.63. The van der Waals surface area contributed by atoms with Crippen LogP contribution in [0.3, 0.4) is 0 Å². The fourth-order valence-corrected chi connectivity index (χ4v) is 1.79. The van der Waals surface area contributed by atoms with Crippen molar-refractivity contribution in [3.05, 3.63) is 29.8 Å². The molecule has 0 aliphatic carbocycles. The number of amides is 3. The molecule has 6 nitrogen and oxygen atoms in total. The second-order valence-electron chi connectivity index (χ2n) is 5.85. The third kappa shape index (κ3) is 7.15. The summed E-state index contributed by atoms with van der Waals surface area (Å²) in [7, 11) is 0. The van der Waals surface area contributed by atoms with Gasteiger partial charge in [0.05, 0.1) is 0 Å². The molecule has 0 saturated carbocycles. The Bertz CT molecular complexity index is 520. The SMILES string of the molecule is CCC(C)C(=O)Nc1cccc(CNC(=O)NCC(C)CO)c1. The first kappa shape index (κ1) is 19.0. The zero-order valence-electron chi connectivity index (χ0n) is 14.1. The van der Waals surface area contributed by atoms with Gasteiger partial charge in [-0.2, -0.15) is 0 Å². The van der Waals surface area contributed by atoms with Crippen LogP contribution in [0.4, 0.5) is 10.5 Å². The standard InChI is InChI=1S/C17H27N3O3/c1-4-13(3)16(22)20-15-7-5-6-14(8-15)10-19-17(23)18-9-12(2)11-21/h5-8,12-13,21H,4,9-11H2,1-3H3,(H,20,22)(H2,18,19,23). The van der Waals surface area contributed by atoms with Gasteiger partial charge in [-0.25, -0.2) is 4.79 Å². The number of nitrogens with one attached hydrogen (secondary N) is 3. The largest absolute Gasteiger partial charge is 0.396 e. The molecular weight excluding hydrogens is 294 g/mol. The van der Waals surface area contributed by atoms with Gasteiger partial charge in [-0.05, 0) is 30.0 Å². The molecule has 128 valence electrons. The van der Waals surface area contributed by atoms with Crippen molar-refractivity contribution in [1.29, 1.82) is 0 Å². The number of aliphatic hydroxyl groups is 1. The molecular formula is C17H27N3O3. The normalized spacial score (nSPS) is 13.0. The van der Waals surface area contributed by atoms with E-state index in [0.717, 1.165) is 17.7 Å². The number of carbonyl (C=O) groups is 2. The Labute approximate surface area is 137 Å². The molecule has 0 saturated heterocycles. The van der Waals surface area contributed by atoms with Crippen LogP contribution >= 0.6 is 0 Å². The van der Waals surface area contributed by atoms with Gasteiger partial charge in [0.1, 0.15) is 0 Å². The molecule has 0 fully saturated rings. The van der Waals surface area contributed by atoms with Gasteiger partial charge in [0.25, 0.3) is 0 Å². The maximum Gasteiger partial charge on any atom is 0.315 e. The summed E-state index contributed by atoms with van der Waals surface area (Å²) in [4.78, 5) is 23.5. The van der Waals surface area contributed by atoms with Gasteiger partial charge in [-0.1, -0.05) is 32.9 Å². The van der Waals surface area contributed by atoms with E-state index in [0.29, 0.717) is 13.1 Å². The molecule has 6 heteroatoms. The molecule has 1 aromatic rings. The number of carbonyl (C=O) groups excluding carboxylic acids is 2. The molecule has 0 aromatic heterocycles. The highest BCUT2D eigenvalue weighted by Crippen LogP contribution is 2.13. The molecule has 0 radical (unpaired) electrons. The number of hydrogen-bond acceptors (Lipinski definition) is 3. The van der Waals surface area contributed by atoms with E-state index in [1.807, 2.05) is 45.0 Å². The first-order chi connectivity index (χ1) is 11.0. The minimum atomic E-state index is -0.278. The molecule has 0 aliphatic rings. The predicted molar refractivity (Wildman–Crippen MR) is 91.0 cm³/mol. The lowest BCUT2D eigenvalue weighted by Gasteiger charge is -2.12. The number of anilines is 1. The fraction of sp³-hybridized carbons (Fsp3) is 0.529. The van der Waals surface area contributed by atoms with Crippen molar-refractivity contribution in [3.8, 4) is 0 Å². The fourth-order valence-electron chi connectivity index (χ4n) is 1.79. The number of benzene rings is 1. The molecule has 0 bridgehead atoms. The summed E-state index contributed by atoms with van der Waals surface area (Å²) >= 11 is 0. The second-order valence-corrected chi connectivity index (χ2v) is 5.85. The van der Waals surface area contributed by atoms with E-state index in [1.54, 1.807) is 0 Å². The molecule has 3 amide bonds. The predicted octanol–water partition coefficient (Wildman–Crippen LogP) is 2.10. The molecule has 4 N–H and O–H groups in total. The molecule has 0 heterocycles. The Morgan fingerprint density at radius 1 is 1.22 bits per heavy atom. The van der Waals surface area contributed by atoms with E-state index in [-0.39, 0.29) is 30.4 Å². The van der Waals surface area contributed by atoms with Gasteiger partial charge in [0.15, 0.2) is 0 Å². The monoisotopic (exact) mass is 321 g/mol. The minimum Gasteiger partial charge on any atom is -0.396 e. The van der Waals surface area contributed by atoms with E-state index in [9.17, 15) is 9.59 Å².